The Hall–Kier alpha value is -1.93. The van der Waals surface area contributed by atoms with E-state index in [2.05, 4.69) is 20.9 Å². The number of carboxylic acid groups (broad SMARTS) is 1. The normalized spacial score (nSPS) is 10.2. The molecular formula is C12H7BrN2O4S. The summed E-state index contributed by atoms with van der Waals surface area (Å²) in [6, 6.07) is 7.29. The Morgan fingerprint density at radius 1 is 1.35 bits per heavy atom. The van der Waals surface area contributed by atoms with Gasteiger partial charge in [-0.3, -0.25) is 10.1 Å². The highest BCUT2D eigenvalue weighted by molar-refractivity contribution is 9.10. The molecule has 0 saturated carbocycles. The van der Waals surface area contributed by atoms with Crippen molar-refractivity contribution in [2.24, 2.45) is 0 Å². The molecule has 1 aromatic heterocycles. The molecule has 1 heterocycles. The van der Waals surface area contributed by atoms with Gasteiger partial charge >= 0.3 is 5.97 Å². The Bertz CT molecular complexity index is 693. The van der Waals surface area contributed by atoms with Crippen molar-refractivity contribution in [2.45, 2.75) is 9.92 Å². The number of benzene rings is 1. The van der Waals surface area contributed by atoms with Crippen molar-refractivity contribution in [3.8, 4) is 0 Å². The number of aromatic nitrogens is 1. The molecule has 8 heteroatoms. The predicted molar refractivity (Wildman–Crippen MR) is 76.1 cm³/mol. The maximum atomic E-state index is 11.0. The van der Waals surface area contributed by atoms with E-state index in [1.165, 1.54) is 24.4 Å². The van der Waals surface area contributed by atoms with Gasteiger partial charge in [-0.05, 0) is 24.3 Å². The molecule has 0 radical (unpaired) electrons. The van der Waals surface area contributed by atoms with Crippen LogP contribution >= 0.6 is 27.7 Å². The first-order valence-electron chi connectivity index (χ1n) is 5.28. The lowest BCUT2D eigenvalue weighted by Gasteiger charge is -2.04. The predicted octanol–water partition coefficient (Wildman–Crippen LogP) is 3.60. The number of nitro benzene ring substituents is 1. The number of hydrogen-bond donors (Lipinski definition) is 1. The SMILES string of the molecule is O=C(O)c1ccnc(Sc2cc(Br)ccc2[N+](=O)[O-])c1. The molecule has 0 aliphatic rings. The molecular weight excluding hydrogens is 348 g/mol. The van der Waals surface area contributed by atoms with Crippen molar-refractivity contribution < 1.29 is 14.8 Å². The number of nitrogens with zero attached hydrogens (tertiary/aromatic N) is 2. The van der Waals surface area contributed by atoms with Crippen LogP contribution in [0.2, 0.25) is 0 Å². The van der Waals surface area contributed by atoms with Crippen LogP contribution in [0.15, 0.2) is 50.9 Å². The van der Waals surface area contributed by atoms with E-state index in [9.17, 15) is 14.9 Å². The van der Waals surface area contributed by atoms with Crippen LogP contribution in [0.25, 0.3) is 0 Å². The van der Waals surface area contributed by atoms with Gasteiger partial charge in [-0.15, -0.1) is 0 Å². The first-order valence-corrected chi connectivity index (χ1v) is 6.89. The lowest BCUT2D eigenvalue weighted by atomic mass is 10.3. The van der Waals surface area contributed by atoms with Gasteiger partial charge in [0.05, 0.1) is 15.4 Å². The molecule has 0 aliphatic carbocycles. The molecule has 2 rings (SSSR count). The van der Waals surface area contributed by atoms with Gasteiger partial charge in [-0.25, -0.2) is 9.78 Å². The van der Waals surface area contributed by atoms with Crippen molar-refractivity contribution >= 4 is 39.3 Å². The van der Waals surface area contributed by atoms with Crippen LogP contribution < -0.4 is 0 Å². The molecule has 102 valence electrons. The van der Waals surface area contributed by atoms with Crippen LogP contribution in [-0.2, 0) is 0 Å². The first-order chi connectivity index (χ1) is 9.47. The van der Waals surface area contributed by atoms with E-state index in [-0.39, 0.29) is 11.3 Å². The Morgan fingerprint density at radius 2 is 2.10 bits per heavy atom. The van der Waals surface area contributed by atoms with Gasteiger partial charge in [0.25, 0.3) is 5.69 Å². The molecule has 20 heavy (non-hydrogen) atoms. The lowest BCUT2D eigenvalue weighted by molar-refractivity contribution is -0.387. The second kappa shape index (κ2) is 6.02. The number of carboxylic acids is 1. The number of carbonyl (C=O) groups is 1. The zero-order chi connectivity index (χ0) is 14.7. The molecule has 0 spiro atoms. The highest BCUT2D eigenvalue weighted by Gasteiger charge is 2.16. The number of rotatable bonds is 4. The van der Waals surface area contributed by atoms with Crippen molar-refractivity contribution in [1.82, 2.24) is 4.98 Å². The molecule has 0 fully saturated rings. The number of pyridine rings is 1. The molecule has 0 aliphatic heterocycles. The van der Waals surface area contributed by atoms with Crippen LogP contribution in [0.3, 0.4) is 0 Å². The highest BCUT2D eigenvalue weighted by Crippen LogP contribution is 2.35. The van der Waals surface area contributed by atoms with E-state index >= 15 is 0 Å². The topological polar surface area (TPSA) is 93.3 Å². The summed E-state index contributed by atoms with van der Waals surface area (Å²) in [4.78, 5) is 25.7. The Kier molecular flexibility index (Phi) is 4.35. The van der Waals surface area contributed by atoms with Gasteiger partial charge in [0.1, 0.15) is 5.03 Å². The van der Waals surface area contributed by atoms with Gasteiger partial charge in [0, 0.05) is 16.7 Å². The smallest absolute Gasteiger partial charge is 0.335 e. The second-order valence-electron chi connectivity index (χ2n) is 3.66. The fourth-order valence-electron chi connectivity index (χ4n) is 1.43. The third-order valence-electron chi connectivity index (χ3n) is 2.31. The zero-order valence-electron chi connectivity index (χ0n) is 9.82. The molecule has 0 unspecified atom stereocenters. The minimum atomic E-state index is -1.07. The van der Waals surface area contributed by atoms with Crippen LogP contribution in [0.5, 0.6) is 0 Å². The maximum Gasteiger partial charge on any atom is 0.335 e. The first kappa shape index (κ1) is 14.5. The van der Waals surface area contributed by atoms with Gasteiger partial charge < -0.3 is 5.11 Å². The van der Waals surface area contributed by atoms with E-state index in [0.29, 0.717) is 14.4 Å². The Labute approximate surface area is 126 Å². The summed E-state index contributed by atoms with van der Waals surface area (Å²) < 4.78 is 0.694. The minimum Gasteiger partial charge on any atom is -0.478 e. The molecule has 0 bridgehead atoms. The summed E-state index contributed by atoms with van der Waals surface area (Å²) in [5.41, 5.74) is 0.0286. The summed E-state index contributed by atoms with van der Waals surface area (Å²) in [6.45, 7) is 0. The third-order valence-corrected chi connectivity index (χ3v) is 3.79. The lowest BCUT2D eigenvalue weighted by Crippen LogP contribution is -1.97. The standard InChI is InChI=1S/C12H7BrN2O4S/c13-8-1-2-9(15(18)19)10(6-8)20-11-5-7(12(16)17)3-4-14-11/h1-6H,(H,16,17). The largest absolute Gasteiger partial charge is 0.478 e. The van der Waals surface area contributed by atoms with Gasteiger partial charge in [-0.2, -0.15) is 0 Å². The summed E-state index contributed by atoms with van der Waals surface area (Å²) in [5.74, 6) is -1.07. The van der Waals surface area contributed by atoms with Crippen LogP contribution in [0.4, 0.5) is 5.69 Å². The Balaban J connectivity index is 2.39. The van der Waals surface area contributed by atoms with Gasteiger partial charge in [0.2, 0.25) is 0 Å². The van der Waals surface area contributed by atoms with Gasteiger partial charge in [-0.1, -0.05) is 27.7 Å². The number of halogens is 1. The number of aromatic carboxylic acids is 1. The van der Waals surface area contributed by atoms with E-state index in [1.54, 1.807) is 12.1 Å². The maximum absolute atomic E-state index is 11.0. The summed E-state index contributed by atoms with van der Waals surface area (Å²) in [7, 11) is 0. The van der Waals surface area contributed by atoms with Crippen LogP contribution in [-0.4, -0.2) is 21.0 Å². The highest BCUT2D eigenvalue weighted by atomic mass is 79.9. The molecule has 1 N–H and O–H groups in total. The second-order valence-corrected chi connectivity index (χ2v) is 5.64. The molecule has 2 aromatic rings. The monoisotopic (exact) mass is 354 g/mol. The van der Waals surface area contributed by atoms with Crippen molar-refractivity contribution in [1.29, 1.82) is 0 Å². The molecule has 1 aromatic carbocycles. The molecule has 0 saturated heterocycles. The fraction of sp³-hybridized carbons (Fsp3) is 0. The van der Waals surface area contributed by atoms with Gasteiger partial charge in [0.15, 0.2) is 0 Å². The van der Waals surface area contributed by atoms with E-state index in [4.69, 9.17) is 5.11 Å². The van der Waals surface area contributed by atoms with E-state index in [0.717, 1.165) is 11.8 Å². The third kappa shape index (κ3) is 3.34. The summed E-state index contributed by atoms with van der Waals surface area (Å²) >= 11 is 4.29. The average Bonchev–Trinajstić information content (AvgIpc) is 2.38. The number of hydrogen-bond acceptors (Lipinski definition) is 5. The van der Waals surface area contributed by atoms with Crippen molar-refractivity contribution in [3.63, 3.8) is 0 Å². The summed E-state index contributed by atoms with van der Waals surface area (Å²) in [5, 5.41) is 20.3. The van der Waals surface area contributed by atoms with E-state index in [1.807, 2.05) is 0 Å². The zero-order valence-corrected chi connectivity index (χ0v) is 12.2. The van der Waals surface area contributed by atoms with Crippen molar-refractivity contribution in [3.05, 3.63) is 56.7 Å². The number of nitro groups is 1. The molecule has 0 amide bonds. The average molecular weight is 355 g/mol. The van der Waals surface area contributed by atoms with E-state index < -0.39 is 10.9 Å². The summed E-state index contributed by atoms with van der Waals surface area (Å²) in [6.07, 6.45) is 1.36. The quantitative estimate of drug-likeness (QED) is 0.665. The fourth-order valence-corrected chi connectivity index (χ4v) is 2.90. The van der Waals surface area contributed by atoms with Crippen LogP contribution in [0.1, 0.15) is 10.4 Å². The Morgan fingerprint density at radius 3 is 2.75 bits per heavy atom. The van der Waals surface area contributed by atoms with Crippen molar-refractivity contribution in [2.75, 3.05) is 0 Å². The minimum absolute atomic E-state index is 0.0549. The van der Waals surface area contributed by atoms with Crippen LogP contribution in [0, 0.1) is 10.1 Å². The molecule has 6 nitrogen and oxygen atoms in total. The molecule has 0 atom stereocenters.